The van der Waals surface area contributed by atoms with Gasteiger partial charge in [0.1, 0.15) is 11.4 Å². The normalized spacial score (nSPS) is 13.7. The Kier molecular flexibility index (Phi) is 6.66. The fraction of sp³-hybridized carbons (Fsp3) is 0.588. The van der Waals surface area contributed by atoms with E-state index in [9.17, 15) is 9.18 Å². The second-order valence-electron chi connectivity index (χ2n) is 6.00. The third kappa shape index (κ3) is 5.74. The zero-order valence-electron chi connectivity index (χ0n) is 13.3. The Morgan fingerprint density at radius 3 is 2.48 bits per heavy atom. The van der Waals surface area contributed by atoms with Gasteiger partial charge in [0.15, 0.2) is 0 Å². The first-order chi connectivity index (χ1) is 9.87. The molecule has 3 N–H and O–H groups in total. The molecule has 1 aromatic carbocycles. The molecule has 1 rings (SSSR count). The van der Waals surface area contributed by atoms with E-state index in [1.165, 1.54) is 31.4 Å². The van der Waals surface area contributed by atoms with E-state index in [1.54, 1.807) is 6.92 Å². The molecule has 1 atom stereocenters. The minimum Gasteiger partial charge on any atom is -0.371 e. The van der Waals surface area contributed by atoms with Gasteiger partial charge in [-0.05, 0) is 44.0 Å². The van der Waals surface area contributed by atoms with Crippen molar-refractivity contribution >= 4 is 11.6 Å². The van der Waals surface area contributed by atoms with Crippen molar-refractivity contribution in [2.24, 2.45) is 5.73 Å². The fourth-order valence-corrected chi connectivity index (χ4v) is 2.46. The largest absolute Gasteiger partial charge is 0.371 e. The summed E-state index contributed by atoms with van der Waals surface area (Å²) in [4.78, 5) is 11.8. The van der Waals surface area contributed by atoms with Gasteiger partial charge in [0, 0.05) is 5.69 Å². The molecule has 0 spiro atoms. The summed E-state index contributed by atoms with van der Waals surface area (Å²) in [6.07, 6.45) is 6.24. The molecule has 1 aromatic rings. The summed E-state index contributed by atoms with van der Waals surface area (Å²) in [5, 5.41) is 3.11. The minimum absolute atomic E-state index is 0.313. The summed E-state index contributed by atoms with van der Waals surface area (Å²) in [6, 6.07) is 4.67. The Balaban J connectivity index is 2.69. The van der Waals surface area contributed by atoms with Gasteiger partial charge in [0.05, 0.1) is 0 Å². The van der Waals surface area contributed by atoms with Crippen LogP contribution in [0.4, 0.5) is 10.1 Å². The monoisotopic (exact) mass is 294 g/mol. The second kappa shape index (κ2) is 8.01. The molecule has 0 saturated heterocycles. The third-order valence-electron chi connectivity index (χ3n) is 3.79. The molecular weight excluding hydrogens is 267 g/mol. The van der Waals surface area contributed by atoms with Crippen LogP contribution in [0.2, 0.25) is 0 Å². The van der Waals surface area contributed by atoms with Gasteiger partial charge in [-0.3, -0.25) is 4.79 Å². The highest BCUT2D eigenvalue weighted by atomic mass is 19.1. The molecular formula is C17H27FN2O. The average Bonchev–Trinajstić information content (AvgIpc) is 2.37. The number of hydrogen-bond donors (Lipinski definition) is 2. The topological polar surface area (TPSA) is 55.1 Å². The van der Waals surface area contributed by atoms with Crippen molar-refractivity contribution in [1.29, 1.82) is 0 Å². The molecule has 1 unspecified atom stereocenters. The smallest absolute Gasteiger partial charge is 0.242 e. The fourth-order valence-electron chi connectivity index (χ4n) is 2.46. The van der Waals surface area contributed by atoms with Crippen LogP contribution in [0.15, 0.2) is 18.2 Å². The van der Waals surface area contributed by atoms with E-state index in [0.717, 1.165) is 18.4 Å². The first-order valence-corrected chi connectivity index (χ1v) is 7.72. The first-order valence-electron chi connectivity index (χ1n) is 7.72. The van der Waals surface area contributed by atoms with Crippen LogP contribution in [0.5, 0.6) is 0 Å². The van der Waals surface area contributed by atoms with Crippen LogP contribution in [-0.2, 0) is 4.79 Å². The van der Waals surface area contributed by atoms with Crippen molar-refractivity contribution < 1.29 is 9.18 Å². The Bertz CT molecular complexity index is 456. The summed E-state index contributed by atoms with van der Waals surface area (Å²) in [7, 11) is 0. The number of primary amides is 1. The molecule has 0 aliphatic carbocycles. The number of benzene rings is 1. The van der Waals surface area contributed by atoms with E-state index in [0.29, 0.717) is 12.1 Å². The molecule has 0 aromatic heterocycles. The number of aryl methyl sites for hydroxylation is 1. The first kappa shape index (κ1) is 17.5. The summed E-state index contributed by atoms with van der Waals surface area (Å²) >= 11 is 0. The van der Waals surface area contributed by atoms with Gasteiger partial charge >= 0.3 is 0 Å². The summed E-state index contributed by atoms with van der Waals surface area (Å²) in [5.41, 5.74) is 6.11. The maximum Gasteiger partial charge on any atom is 0.242 e. The van der Waals surface area contributed by atoms with E-state index < -0.39 is 11.4 Å². The van der Waals surface area contributed by atoms with Crippen LogP contribution in [-0.4, -0.2) is 11.4 Å². The summed E-state index contributed by atoms with van der Waals surface area (Å²) in [5.74, 6) is -0.716. The second-order valence-corrected chi connectivity index (χ2v) is 6.00. The lowest BCUT2D eigenvalue weighted by Gasteiger charge is -2.29. The van der Waals surface area contributed by atoms with Crippen molar-refractivity contribution in [1.82, 2.24) is 0 Å². The predicted molar refractivity (Wildman–Crippen MR) is 85.7 cm³/mol. The van der Waals surface area contributed by atoms with Crippen LogP contribution in [0.25, 0.3) is 0 Å². The molecule has 118 valence electrons. The molecule has 21 heavy (non-hydrogen) atoms. The molecule has 0 radical (unpaired) electrons. The van der Waals surface area contributed by atoms with Crippen molar-refractivity contribution in [3.05, 3.63) is 29.6 Å². The molecule has 0 aliphatic rings. The van der Waals surface area contributed by atoms with Crippen LogP contribution >= 0.6 is 0 Å². The van der Waals surface area contributed by atoms with E-state index in [-0.39, 0.29) is 5.82 Å². The lowest BCUT2D eigenvalue weighted by molar-refractivity contribution is -0.122. The number of hydrogen-bond acceptors (Lipinski definition) is 2. The van der Waals surface area contributed by atoms with Crippen LogP contribution in [0.1, 0.15) is 57.9 Å². The highest BCUT2D eigenvalue weighted by Crippen LogP contribution is 2.23. The maximum atomic E-state index is 13.4. The summed E-state index contributed by atoms with van der Waals surface area (Å²) < 4.78 is 13.4. The average molecular weight is 294 g/mol. The number of rotatable bonds is 9. The molecule has 3 nitrogen and oxygen atoms in total. The van der Waals surface area contributed by atoms with E-state index in [2.05, 4.69) is 12.2 Å². The quantitative estimate of drug-likeness (QED) is 0.672. The summed E-state index contributed by atoms with van der Waals surface area (Å²) in [6.45, 7) is 5.78. The van der Waals surface area contributed by atoms with Gasteiger partial charge in [-0.1, -0.05) is 39.0 Å². The van der Waals surface area contributed by atoms with Gasteiger partial charge in [-0.15, -0.1) is 0 Å². The molecule has 0 bridgehead atoms. The Morgan fingerprint density at radius 2 is 1.90 bits per heavy atom. The standard InChI is InChI=1S/C17H27FN2O/c1-4-5-6-7-8-9-17(3,16(19)21)20-15-11-13(2)10-14(18)12-15/h10-12,20H,4-9H2,1-3H3,(H2,19,21). The van der Waals surface area contributed by atoms with Gasteiger partial charge in [0.2, 0.25) is 5.91 Å². The van der Waals surface area contributed by atoms with Gasteiger partial charge in [0.25, 0.3) is 0 Å². The zero-order chi connectivity index (χ0) is 15.9. The number of nitrogens with one attached hydrogen (secondary N) is 1. The SMILES string of the molecule is CCCCCCCC(C)(Nc1cc(C)cc(F)c1)C(N)=O. The number of carbonyl (C=O) groups excluding carboxylic acids is 1. The molecule has 0 fully saturated rings. The van der Waals surface area contributed by atoms with E-state index in [4.69, 9.17) is 5.73 Å². The highest BCUT2D eigenvalue weighted by Gasteiger charge is 2.30. The number of carbonyl (C=O) groups is 1. The Morgan fingerprint density at radius 1 is 1.24 bits per heavy atom. The van der Waals surface area contributed by atoms with Crippen molar-refractivity contribution in [2.45, 2.75) is 64.8 Å². The number of nitrogens with two attached hydrogens (primary N) is 1. The lowest BCUT2D eigenvalue weighted by Crippen LogP contribution is -2.47. The van der Waals surface area contributed by atoms with Gasteiger partial charge in [-0.2, -0.15) is 0 Å². The number of amides is 1. The number of halogens is 1. The lowest BCUT2D eigenvalue weighted by atomic mass is 9.92. The highest BCUT2D eigenvalue weighted by molar-refractivity contribution is 5.87. The van der Waals surface area contributed by atoms with Crippen molar-refractivity contribution in [2.75, 3.05) is 5.32 Å². The molecule has 4 heteroatoms. The Hall–Kier alpha value is -1.58. The van der Waals surface area contributed by atoms with Gasteiger partial charge < -0.3 is 11.1 Å². The van der Waals surface area contributed by atoms with E-state index in [1.807, 2.05) is 13.0 Å². The molecule has 0 saturated carbocycles. The molecule has 0 heterocycles. The molecule has 1 amide bonds. The maximum absolute atomic E-state index is 13.4. The van der Waals surface area contributed by atoms with Crippen molar-refractivity contribution in [3.8, 4) is 0 Å². The number of unbranched alkanes of at least 4 members (excludes halogenated alkanes) is 4. The minimum atomic E-state index is -0.841. The Labute approximate surface area is 127 Å². The van der Waals surface area contributed by atoms with Crippen molar-refractivity contribution in [3.63, 3.8) is 0 Å². The third-order valence-corrected chi connectivity index (χ3v) is 3.79. The number of anilines is 1. The van der Waals surface area contributed by atoms with Crippen LogP contribution in [0.3, 0.4) is 0 Å². The van der Waals surface area contributed by atoms with E-state index >= 15 is 0 Å². The van der Waals surface area contributed by atoms with Crippen LogP contribution in [0, 0.1) is 12.7 Å². The zero-order valence-corrected chi connectivity index (χ0v) is 13.3. The van der Waals surface area contributed by atoms with Crippen LogP contribution < -0.4 is 11.1 Å². The predicted octanol–water partition coefficient (Wildman–Crippen LogP) is 4.15. The van der Waals surface area contributed by atoms with Gasteiger partial charge in [-0.25, -0.2) is 4.39 Å². The molecule has 0 aliphatic heterocycles.